The minimum Gasteiger partial charge on any atom is -0.312 e. The van der Waals surface area contributed by atoms with Gasteiger partial charge in [0.2, 0.25) is 0 Å². The summed E-state index contributed by atoms with van der Waals surface area (Å²) in [6.45, 7) is 4.19. The SMILES string of the molecule is Cc1nn(C)cc1CNCC1CC2C=CC1C2. The monoisotopic (exact) mass is 231 g/mol. The third kappa shape index (κ3) is 2.16. The van der Waals surface area contributed by atoms with Gasteiger partial charge in [0, 0.05) is 25.4 Å². The molecule has 1 aromatic heterocycles. The molecule has 1 fully saturated rings. The Morgan fingerprint density at radius 1 is 1.41 bits per heavy atom. The maximum atomic E-state index is 4.37. The normalized spacial score (nSPS) is 30.4. The van der Waals surface area contributed by atoms with Crippen molar-refractivity contribution >= 4 is 0 Å². The first-order chi connectivity index (χ1) is 8.22. The second-order valence-electron chi connectivity index (χ2n) is 5.58. The van der Waals surface area contributed by atoms with E-state index in [9.17, 15) is 0 Å². The average Bonchev–Trinajstić information content (AvgIpc) is 2.95. The molecule has 2 aliphatic carbocycles. The highest BCUT2D eigenvalue weighted by atomic mass is 15.2. The number of allylic oxidation sites excluding steroid dienone is 2. The number of hydrogen-bond acceptors (Lipinski definition) is 2. The molecule has 1 aromatic rings. The van der Waals surface area contributed by atoms with Gasteiger partial charge in [-0.25, -0.2) is 0 Å². The van der Waals surface area contributed by atoms with Crippen molar-refractivity contribution in [2.75, 3.05) is 6.54 Å². The zero-order chi connectivity index (χ0) is 11.8. The maximum Gasteiger partial charge on any atom is 0.0638 e. The van der Waals surface area contributed by atoms with Crippen molar-refractivity contribution in [3.05, 3.63) is 29.6 Å². The van der Waals surface area contributed by atoms with E-state index in [4.69, 9.17) is 0 Å². The third-order valence-electron chi connectivity index (χ3n) is 4.25. The molecule has 0 aromatic carbocycles. The van der Waals surface area contributed by atoms with E-state index in [0.29, 0.717) is 0 Å². The molecule has 1 heterocycles. The van der Waals surface area contributed by atoms with Crippen molar-refractivity contribution in [3.63, 3.8) is 0 Å². The molecule has 3 heteroatoms. The maximum absolute atomic E-state index is 4.37. The predicted molar refractivity (Wildman–Crippen MR) is 68.5 cm³/mol. The Balaban J connectivity index is 1.49. The summed E-state index contributed by atoms with van der Waals surface area (Å²) in [5.74, 6) is 2.59. The van der Waals surface area contributed by atoms with Crippen molar-refractivity contribution in [2.24, 2.45) is 24.8 Å². The first-order valence-electron chi connectivity index (χ1n) is 6.60. The van der Waals surface area contributed by atoms with E-state index < -0.39 is 0 Å². The Hall–Kier alpha value is -1.09. The van der Waals surface area contributed by atoms with Crippen molar-refractivity contribution in [1.82, 2.24) is 15.1 Å². The molecule has 1 N–H and O–H groups in total. The second kappa shape index (κ2) is 4.30. The lowest BCUT2D eigenvalue weighted by atomic mass is 9.93. The van der Waals surface area contributed by atoms with Crippen LogP contribution in [0.2, 0.25) is 0 Å². The molecule has 17 heavy (non-hydrogen) atoms. The van der Waals surface area contributed by atoms with E-state index in [0.717, 1.165) is 36.5 Å². The molecule has 0 amide bonds. The smallest absolute Gasteiger partial charge is 0.0638 e. The van der Waals surface area contributed by atoms with Crippen LogP contribution in [-0.2, 0) is 13.6 Å². The molecule has 92 valence electrons. The van der Waals surface area contributed by atoms with E-state index >= 15 is 0 Å². The minimum absolute atomic E-state index is 0.850. The number of aryl methyl sites for hydroxylation is 2. The molecular weight excluding hydrogens is 210 g/mol. The van der Waals surface area contributed by atoms with Gasteiger partial charge in [-0.3, -0.25) is 4.68 Å². The van der Waals surface area contributed by atoms with E-state index in [2.05, 4.69) is 35.7 Å². The number of nitrogens with zero attached hydrogens (tertiary/aromatic N) is 2. The van der Waals surface area contributed by atoms with Crippen LogP contribution in [-0.4, -0.2) is 16.3 Å². The number of fused-ring (bicyclic) bond motifs is 2. The molecule has 2 bridgehead atoms. The quantitative estimate of drug-likeness (QED) is 0.804. The fraction of sp³-hybridized carbons (Fsp3) is 0.643. The molecule has 2 aliphatic rings. The summed E-state index contributed by atoms with van der Waals surface area (Å²) in [5.41, 5.74) is 2.47. The van der Waals surface area contributed by atoms with Crippen LogP contribution in [0.15, 0.2) is 18.3 Å². The van der Waals surface area contributed by atoms with Gasteiger partial charge in [0.1, 0.15) is 0 Å². The summed E-state index contributed by atoms with van der Waals surface area (Å²) in [6, 6.07) is 0. The van der Waals surface area contributed by atoms with Crippen molar-refractivity contribution in [2.45, 2.75) is 26.3 Å². The van der Waals surface area contributed by atoms with Gasteiger partial charge in [-0.05, 0) is 44.1 Å². The fourth-order valence-corrected chi connectivity index (χ4v) is 3.34. The Morgan fingerprint density at radius 3 is 2.88 bits per heavy atom. The molecule has 1 saturated carbocycles. The fourth-order valence-electron chi connectivity index (χ4n) is 3.34. The lowest BCUT2D eigenvalue weighted by Crippen LogP contribution is -2.25. The lowest BCUT2D eigenvalue weighted by molar-refractivity contribution is 0.414. The molecule has 3 unspecified atom stereocenters. The van der Waals surface area contributed by atoms with E-state index in [1.807, 2.05) is 11.7 Å². The number of hydrogen-bond donors (Lipinski definition) is 1. The van der Waals surface area contributed by atoms with Crippen molar-refractivity contribution in [3.8, 4) is 0 Å². The first-order valence-corrected chi connectivity index (χ1v) is 6.60. The summed E-state index contributed by atoms with van der Waals surface area (Å²) in [4.78, 5) is 0. The van der Waals surface area contributed by atoms with E-state index in [-0.39, 0.29) is 0 Å². The highest BCUT2D eigenvalue weighted by molar-refractivity contribution is 5.15. The van der Waals surface area contributed by atoms with Gasteiger partial charge in [-0.1, -0.05) is 12.2 Å². The van der Waals surface area contributed by atoms with E-state index in [1.54, 1.807) is 0 Å². The molecule has 3 rings (SSSR count). The Bertz CT molecular complexity index is 433. The molecule has 0 radical (unpaired) electrons. The van der Waals surface area contributed by atoms with Crippen LogP contribution in [0.25, 0.3) is 0 Å². The summed E-state index contributed by atoms with van der Waals surface area (Å²) < 4.78 is 1.90. The van der Waals surface area contributed by atoms with Crippen LogP contribution in [0.3, 0.4) is 0 Å². The first kappa shape index (κ1) is 11.0. The summed E-state index contributed by atoms with van der Waals surface area (Å²) in [5, 5.41) is 7.96. The van der Waals surface area contributed by atoms with Crippen LogP contribution in [0, 0.1) is 24.7 Å². The zero-order valence-corrected chi connectivity index (χ0v) is 10.7. The summed E-state index contributed by atoms with van der Waals surface area (Å²) in [6.07, 6.45) is 9.74. The van der Waals surface area contributed by atoms with Gasteiger partial charge in [-0.15, -0.1) is 0 Å². The largest absolute Gasteiger partial charge is 0.312 e. The van der Waals surface area contributed by atoms with Crippen LogP contribution < -0.4 is 5.32 Å². The standard InChI is InChI=1S/C14H21N3/c1-10-14(9-17(2)16-10)8-15-7-13-6-11-3-4-12(13)5-11/h3-4,9,11-13,15H,5-8H2,1-2H3. The van der Waals surface area contributed by atoms with Crippen LogP contribution in [0.1, 0.15) is 24.1 Å². The number of aromatic nitrogens is 2. The molecule has 0 spiro atoms. The number of rotatable bonds is 4. The lowest BCUT2D eigenvalue weighted by Gasteiger charge is -2.18. The Kier molecular flexibility index (Phi) is 2.79. The van der Waals surface area contributed by atoms with E-state index in [1.165, 1.54) is 18.4 Å². The molecule has 3 atom stereocenters. The van der Waals surface area contributed by atoms with Gasteiger partial charge in [-0.2, -0.15) is 5.10 Å². The second-order valence-corrected chi connectivity index (χ2v) is 5.58. The summed E-state index contributed by atoms with van der Waals surface area (Å²) >= 11 is 0. The average molecular weight is 231 g/mol. The predicted octanol–water partition coefficient (Wildman–Crippen LogP) is 2.03. The number of nitrogens with one attached hydrogen (secondary N) is 1. The third-order valence-corrected chi connectivity index (χ3v) is 4.25. The Morgan fingerprint density at radius 2 is 2.29 bits per heavy atom. The van der Waals surface area contributed by atoms with Crippen LogP contribution >= 0.6 is 0 Å². The highest BCUT2D eigenvalue weighted by Crippen LogP contribution is 2.42. The van der Waals surface area contributed by atoms with Crippen LogP contribution in [0.5, 0.6) is 0 Å². The molecule has 0 saturated heterocycles. The van der Waals surface area contributed by atoms with Gasteiger partial charge >= 0.3 is 0 Å². The van der Waals surface area contributed by atoms with Gasteiger partial charge < -0.3 is 5.32 Å². The van der Waals surface area contributed by atoms with Gasteiger partial charge in [0.05, 0.1) is 5.69 Å². The summed E-state index contributed by atoms with van der Waals surface area (Å²) in [7, 11) is 1.98. The minimum atomic E-state index is 0.850. The topological polar surface area (TPSA) is 29.9 Å². The highest BCUT2D eigenvalue weighted by Gasteiger charge is 2.34. The molecule has 0 aliphatic heterocycles. The molecule has 3 nitrogen and oxygen atoms in total. The Labute approximate surface area is 103 Å². The zero-order valence-electron chi connectivity index (χ0n) is 10.7. The van der Waals surface area contributed by atoms with Gasteiger partial charge in [0.25, 0.3) is 0 Å². The van der Waals surface area contributed by atoms with Crippen LogP contribution in [0.4, 0.5) is 0 Å². The van der Waals surface area contributed by atoms with Crippen molar-refractivity contribution < 1.29 is 0 Å². The molecular formula is C14H21N3. The van der Waals surface area contributed by atoms with Crippen molar-refractivity contribution in [1.29, 1.82) is 0 Å². The van der Waals surface area contributed by atoms with Gasteiger partial charge in [0.15, 0.2) is 0 Å².